The fourth-order valence-corrected chi connectivity index (χ4v) is 3.60. The van der Waals surface area contributed by atoms with E-state index in [4.69, 9.17) is 0 Å². The number of carbonyl (C=O) groups excluding carboxylic acids is 1. The Morgan fingerprint density at radius 3 is 2.89 bits per heavy atom. The lowest BCUT2D eigenvalue weighted by Crippen LogP contribution is -2.35. The number of alkyl halides is 1. The lowest BCUT2D eigenvalue weighted by molar-refractivity contribution is -0.130. The standard InChI is InChI=1S/C15H23IN2O/c1-4-17(3)5-6-18-10-13-8-12(9-16)11(2)7-14(13)15(18)19/h8,14H,4-7,9-10H2,1-3H3/t14-/m1/s1. The van der Waals surface area contributed by atoms with Gasteiger partial charge < -0.3 is 9.80 Å². The van der Waals surface area contributed by atoms with E-state index in [0.29, 0.717) is 5.91 Å². The second kappa shape index (κ2) is 6.39. The fraction of sp³-hybridized carbons (Fsp3) is 0.667. The number of amides is 1. The SMILES string of the molecule is CCN(C)CCN1CC2=CC(CI)=C(C)C[C@H]2C1=O. The molecule has 19 heavy (non-hydrogen) atoms. The molecule has 1 amide bonds. The monoisotopic (exact) mass is 374 g/mol. The topological polar surface area (TPSA) is 23.6 Å². The van der Waals surface area contributed by atoms with Crippen molar-refractivity contribution in [3.8, 4) is 0 Å². The second-order valence-corrected chi connectivity index (χ2v) is 6.33. The van der Waals surface area contributed by atoms with E-state index in [1.807, 2.05) is 4.90 Å². The Morgan fingerprint density at radius 2 is 2.26 bits per heavy atom. The van der Waals surface area contributed by atoms with Gasteiger partial charge in [0.1, 0.15) is 0 Å². The van der Waals surface area contributed by atoms with E-state index in [2.05, 4.69) is 54.5 Å². The molecule has 4 heteroatoms. The first-order chi connectivity index (χ1) is 9.06. The van der Waals surface area contributed by atoms with E-state index in [9.17, 15) is 4.79 Å². The molecule has 0 aromatic carbocycles. The van der Waals surface area contributed by atoms with Crippen LogP contribution in [0.2, 0.25) is 0 Å². The molecule has 1 heterocycles. The summed E-state index contributed by atoms with van der Waals surface area (Å²) < 4.78 is 1.05. The molecule has 1 aliphatic carbocycles. The van der Waals surface area contributed by atoms with E-state index < -0.39 is 0 Å². The zero-order valence-corrected chi connectivity index (χ0v) is 14.2. The lowest BCUT2D eigenvalue weighted by atomic mass is 9.86. The van der Waals surface area contributed by atoms with Crippen LogP contribution in [0.1, 0.15) is 20.3 Å². The molecule has 1 fully saturated rings. The highest BCUT2D eigenvalue weighted by molar-refractivity contribution is 14.1. The smallest absolute Gasteiger partial charge is 0.230 e. The highest BCUT2D eigenvalue weighted by Gasteiger charge is 2.37. The molecule has 0 unspecified atom stereocenters. The number of likely N-dealkylation sites (tertiary alicyclic amines) is 1. The van der Waals surface area contributed by atoms with Crippen molar-refractivity contribution >= 4 is 28.5 Å². The summed E-state index contributed by atoms with van der Waals surface area (Å²) in [6, 6.07) is 0. The van der Waals surface area contributed by atoms with E-state index >= 15 is 0 Å². The molecule has 1 saturated heterocycles. The molecular weight excluding hydrogens is 351 g/mol. The van der Waals surface area contributed by atoms with Crippen LogP contribution < -0.4 is 0 Å². The molecule has 0 spiro atoms. The van der Waals surface area contributed by atoms with Crippen LogP contribution in [0, 0.1) is 5.92 Å². The minimum absolute atomic E-state index is 0.138. The van der Waals surface area contributed by atoms with Gasteiger partial charge in [0.15, 0.2) is 0 Å². The van der Waals surface area contributed by atoms with Crippen molar-refractivity contribution in [2.24, 2.45) is 5.92 Å². The van der Waals surface area contributed by atoms with Gasteiger partial charge in [0.25, 0.3) is 0 Å². The van der Waals surface area contributed by atoms with Gasteiger partial charge >= 0.3 is 0 Å². The van der Waals surface area contributed by atoms with Crippen LogP contribution in [0.4, 0.5) is 0 Å². The number of hydrogen-bond acceptors (Lipinski definition) is 2. The lowest BCUT2D eigenvalue weighted by Gasteiger charge is -2.20. The number of likely N-dealkylation sites (N-methyl/N-ethyl adjacent to an activating group) is 1. The van der Waals surface area contributed by atoms with Gasteiger partial charge in [-0.2, -0.15) is 0 Å². The summed E-state index contributed by atoms with van der Waals surface area (Å²) in [7, 11) is 2.10. The van der Waals surface area contributed by atoms with Crippen molar-refractivity contribution in [1.82, 2.24) is 9.80 Å². The van der Waals surface area contributed by atoms with Crippen molar-refractivity contribution in [3.63, 3.8) is 0 Å². The maximum absolute atomic E-state index is 12.4. The third kappa shape index (κ3) is 3.21. The quantitative estimate of drug-likeness (QED) is 0.545. The van der Waals surface area contributed by atoms with E-state index in [-0.39, 0.29) is 5.92 Å². The van der Waals surface area contributed by atoms with Crippen molar-refractivity contribution in [2.75, 3.05) is 37.7 Å². The Bertz CT molecular complexity index is 428. The number of hydrogen-bond donors (Lipinski definition) is 0. The first kappa shape index (κ1) is 15.0. The Kier molecular flexibility index (Phi) is 5.06. The number of allylic oxidation sites excluding steroid dienone is 3. The van der Waals surface area contributed by atoms with Crippen molar-refractivity contribution < 1.29 is 4.79 Å². The average molecular weight is 374 g/mol. The second-order valence-electron chi connectivity index (χ2n) is 5.57. The first-order valence-corrected chi connectivity index (χ1v) is 8.51. The minimum Gasteiger partial charge on any atom is -0.337 e. The number of nitrogens with zero attached hydrogens (tertiary/aromatic N) is 2. The minimum atomic E-state index is 0.138. The third-order valence-corrected chi connectivity index (χ3v) is 5.11. The Labute approximate surface area is 129 Å². The molecule has 0 radical (unpaired) electrons. The molecular formula is C15H23IN2O. The molecule has 2 rings (SSSR count). The molecule has 3 nitrogen and oxygen atoms in total. The Balaban J connectivity index is 2.02. The molecule has 0 aromatic rings. The van der Waals surface area contributed by atoms with Gasteiger partial charge in [0.05, 0.1) is 5.92 Å². The number of carbonyl (C=O) groups is 1. The van der Waals surface area contributed by atoms with Gasteiger partial charge in [0.2, 0.25) is 5.91 Å². The predicted molar refractivity (Wildman–Crippen MR) is 87.5 cm³/mol. The van der Waals surface area contributed by atoms with Crippen molar-refractivity contribution in [1.29, 1.82) is 0 Å². The van der Waals surface area contributed by atoms with E-state index in [1.165, 1.54) is 16.7 Å². The van der Waals surface area contributed by atoms with Crippen LogP contribution in [-0.4, -0.2) is 53.4 Å². The van der Waals surface area contributed by atoms with Gasteiger partial charge in [-0.15, -0.1) is 0 Å². The highest BCUT2D eigenvalue weighted by atomic mass is 127. The number of halogens is 1. The summed E-state index contributed by atoms with van der Waals surface area (Å²) in [6.45, 7) is 8.02. The van der Waals surface area contributed by atoms with Gasteiger partial charge in [-0.1, -0.05) is 41.2 Å². The Morgan fingerprint density at radius 1 is 1.53 bits per heavy atom. The van der Waals surface area contributed by atoms with Gasteiger partial charge in [-0.25, -0.2) is 0 Å². The average Bonchev–Trinajstić information content (AvgIpc) is 2.71. The summed E-state index contributed by atoms with van der Waals surface area (Å²) in [5.41, 5.74) is 4.15. The fourth-order valence-electron chi connectivity index (χ4n) is 2.73. The largest absolute Gasteiger partial charge is 0.337 e. The summed E-state index contributed by atoms with van der Waals surface area (Å²) in [4.78, 5) is 16.7. The normalized spacial score (nSPS) is 23.2. The predicted octanol–water partition coefficient (Wildman–Crippen LogP) is 2.48. The maximum atomic E-state index is 12.4. The molecule has 1 atom stereocenters. The molecule has 2 aliphatic rings. The molecule has 0 saturated carbocycles. The maximum Gasteiger partial charge on any atom is 0.230 e. The van der Waals surface area contributed by atoms with Gasteiger partial charge in [-0.05, 0) is 38.1 Å². The van der Waals surface area contributed by atoms with E-state index in [0.717, 1.165) is 37.0 Å². The molecule has 0 bridgehead atoms. The molecule has 0 N–H and O–H groups in total. The number of rotatable bonds is 5. The van der Waals surface area contributed by atoms with Crippen LogP contribution in [0.5, 0.6) is 0 Å². The van der Waals surface area contributed by atoms with Crippen LogP contribution in [0.25, 0.3) is 0 Å². The summed E-state index contributed by atoms with van der Waals surface area (Å²) >= 11 is 2.41. The molecule has 0 aromatic heterocycles. The summed E-state index contributed by atoms with van der Waals surface area (Å²) in [5.74, 6) is 0.473. The van der Waals surface area contributed by atoms with Gasteiger partial charge in [-0.3, -0.25) is 4.79 Å². The summed E-state index contributed by atoms with van der Waals surface area (Å²) in [6.07, 6.45) is 3.21. The molecule has 106 valence electrons. The number of fused-ring (bicyclic) bond motifs is 1. The van der Waals surface area contributed by atoms with Crippen LogP contribution in [0.15, 0.2) is 22.8 Å². The third-order valence-electron chi connectivity index (χ3n) is 4.28. The van der Waals surface area contributed by atoms with Crippen LogP contribution >= 0.6 is 22.6 Å². The highest BCUT2D eigenvalue weighted by Crippen LogP contribution is 2.36. The van der Waals surface area contributed by atoms with E-state index in [1.54, 1.807) is 0 Å². The summed E-state index contributed by atoms with van der Waals surface area (Å²) in [5, 5.41) is 0. The van der Waals surface area contributed by atoms with Crippen molar-refractivity contribution in [2.45, 2.75) is 20.3 Å². The van der Waals surface area contributed by atoms with Gasteiger partial charge in [0, 0.05) is 24.1 Å². The van der Waals surface area contributed by atoms with Crippen LogP contribution in [-0.2, 0) is 4.79 Å². The van der Waals surface area contributed by atoms with Crippen molar-refractivity contribution in [3.05, 3.63) is 22.8 Å². The molecule has 1 aliphatic heterocycles. The Hall–Kier alpha value is -0.360. The zero-order chi connectivity index (χ0) is 14.0. The van der Waals surface area contributed by atoms with Crippen LogP contribution in [0.3, 0.4) is 0 Å². The first-order valence-electron chi connectivity index (χ1n) is 6.99. The zero-order valence-electron chi connectivity index (χ0n) is 12.1.